The van der Waals surface area contributed by atoms with Crippen LogP contribution in [-0.2, 0) is 19.1 Å². The van der Waals surface area contributed by atoms with Gasteiger partial charge in [0.15, 0.2) is 0 Å². The fourth-order valence-electron chi connectivity index (χ4n) is 2.82. The number of ether oxygens (including phenoxy) is 1. The number of likely N-dealkylation sites (tertiary alicyclic amines) is 1. The summed E-state index contributed by atoms with van der Waals surface area (Å²) in [5, 5.41) is 0. The molecular weight excluding hydrogens is 276 g/mol. The number of rotatable bonds is 4. The molecule has 0 radical (unpaired) electrons. The molecule has 2 saturated heterocycles. The van der Waals surface area contributed by atoms with Crippen molar-refractivity contribution >= 4 is 17.7 Å². The minimum atomic E-state index is -0.992. The lowest BCUT2D eigenvalue weighted by Gasteiger charge is -2.32. The average molecular weight is 298 g/mol. The number of amides is 3. The van der Waals surface area contributed by atoms with E-state index in [1.165, 1.54) is 4.90 Å². The summed E-state index contributed by atoms with van der Waals surface area (Å²) in [5.41, 5.74) is 10.8. The van der Waals surface area contributed by atoms with E-state index in [0.717, 1.165) is 0 Å². The second-order valence-corrected chi connectivity index (χ2v) is 5.47. The van der Waals surface area contributed by atoms with Crippen LogP contribution >= 0.6 is 0 Å². The maximum atomic E-state index is 12.4. The van der Waals surface area contributed by atoms with Crippen LogP contribution in [0.5, 0.6) is 0 Å². The lowest BCUT2D eigenvalue weighted by molar-refractivity contribution is -0.147. The van der Waals surface area contributed by atoms with Crippen molar-refractivity contribution in [3.05, 3.63) is 0 Å². The molecule has 2 aliphatic heterocycles. The molecule has 0 aromatic carbocycles. The number of carbonyl (C=O) groups excluding carboxylic acids is 3. The Morgan fingerprint density at radius 1 is 1.29 bits per heavy atom. The fraction of sp³-hybridized carbons (Fsp3) is 0.769. The van der Waals surface area contributed by atoms with Gasteiger partial charge in [-0.05, 0) is 13.3 Å². The third kappa shape index (κ3) is 3.16. The van der Waals surface area contributed by atoms with Crippen molar-refractivity contribution in [3.63, 3.8) is 0 Å². The molecule has 3 atom stereocenters. The lowest BCUT2D eigenvalue weighted by atomic mass is 9.98. The molecule has 3 amide bonds. The zero-order valence-electron chi connectivity index (χ0n) is 12.2. The minimum Gasteiger partial charge on any atom is -0.378 e. The van der Waals surface area contributed by atoms with Crippen molar-refractivity contribution in [2.45, 2.75) is 25.4 Å². The van der Waals surface area contributed by atoms with Crippen molar-refractivity contribution in [1.29, 1.82) is 0 Å². The quantitative estimate of drug-likeness (QED) is 0.616. The molecule has 0 aromatic heterocycles. The smallest absolute Gasteiger partial charge is 0.245 e. The molecule has 0 bridgehead atoms. The van der Waals surface area contributed by atoms with E-state index in [0.29, 0.717) is 39.3 Å². The van der Waals surface area contributed by atoms with Gasteiger partial charge in [0.25, 0.3) is 0 Å². The third-order valence-electron chi connectivity index (χ3n) is 4.19. The monoisotopic (exact) mass is 298 g/mol. The van der Waals surface area contributed by atoms with Gasteiger partial charge in [-0.25, -0.2) is 0 Å². The summed E-state index contributed by atoms with van der Waals surface area (Å²) in [6, 6.07) is -1.55. The van der Waals surface area contributed by atoms with Crippen LogP contribution < -0.4 is 11.5 Å². The van der Waals surface area contributed by atoms with E-state index < -0.39 is 23.9 Å². The summed E-state index contributed by atoms with van der Waals surface area (Å²) < 4.78 is 5.21. The largest absolute Gasteiger partial charge is 0.378 e. The predicted octanol–water partition coefficient (Wildman–Crippen LogP) is -2.11. The van der Waals surface area contributed by atoms with Gasteiger partial charge in [0.1, 0.15) is 6.04 Å². The molecule has 118 valence electrons. The van der Waals surface area contributed by atoms with Gasteiger partial charge in [-0.15, -0.1) is 0 Å². The van der Waals surface area contributed by atoms with E-state index in [-0.39, 0.29) is 11.8 Å². The van der Waals surface area contributed by atoms with Crippen molar-refractivity contribution < 1.29 is 19.1 Å². The Balaban J connectivity index is 2.00. The zero-order valence-corrected chi connectivity index (χ0v) is 12.2. The number of morpholine rings is 1. The number of nitrogens with two attached hydrogens (primary N) is 2. The van der Waals surface area contributed by atoms with Crippen LogP contribution in [-0.4, -0.2) is 72.5 Å². The first-order valence-corrected chi connectivity index (χ1v) is 7.15. The maximum absolute atomic E-state index is 12.4. The molecule has 21 heavy (non-hydrogen) atoms. The van der Waals surface area contributed by atoms with E-state index >= 15 is 0 Å². The third-order valence-corrected chi connectivity index (χ3v) is 4.19. The van der Waals surface area contributed by atoms with Crippen LogP contribution in [0, 0.1) is 5.92 Å². The number of hydrogen-bond donors (Lipinski definition) is 2. The Morgan fingerprint density at radius 2 is 1.90 bits per heavy atom. The Labute approximate surface area is 123 Å². The first-order chi connectivity index (χ1) is 9.93. The van der Waals surface area contributed by atoms with Gasteiger partial charge in [-0.3, -0.25) is 14.4 Å². The van der Waals surface area contributed by atoms with E-state index in [1.54, 1.807) is 11.8 Å². The SMILES string of the molecule is C[C@@H](C(=O)N1CCOCC1)N1CC[C@@H](C(N)C(N)=O)C1=O. The topological polar surface area (TPSA) is 119 Å². The molecule has 2 rings (SSSR count). The van der Waals surface area contributed by atoms with Crippen LogP contribution in [0.1, 0.15) is 13.3 Å². The molecule has 0 aliphatic carbocycles. The molecule has 0 spiro atoms. The lowest BCUT2D eigenvalue weighted by Crippen LogP contribution is -2.52. The summed E-state index contributed by atoms with van der Waals surface area (Å²) in [5.74, 6) is -1.68. The second-order valence-electron chi connectivity index (χ2n) is 5.47. The van der Waals surface area contributed by atoms with Gasteiger partial charge in [-0.2, -0.15) is 0 Å². The molecule has 2 aliphatic rings. The molecule has 4 N–H and O–H groups in total. The Bertz CT molecular complexity index is 436. The zero-order chi connectivity index (χ0) is 15.6. The molecule has 2 heterocycles. The van der Waals surface area contributed by atoms with Crippen LogP contribution in [0.2, 0.25) is 0 Å². The normalized spacial score (nSPS) is 25.8. The van der Waals surface area contributed by atoms with Crippen LogP contribution in [0.25, 0.3) is 0 Å². The maximum Gasteiger partial charge on any atom is 0.245 e. The summed E-state index contributed by atoms with van der Waals surface area (Å²) >= 11 is 0. The highest BCUT2D eigenvalue weighted by molar-refractivity contribution is 5.93. The number of carbonyl (C=O) groups is 3. The highest BCUT2D eigenvalue weighted by Crippen LogP contribution is 2.23. The van der Waals surface area contributed by atoms with E-state index in [4.69, 9.17) is 16.2 Å². The van der Waals surface area contributed by atoms with Gasteiger partial charge < -0.3 is 26.0 Å². The number of hydrogen-bond acceptors (Lipinski definition) is 5. The van der Waals surface area contributed by atoms with E-state index in [2.05, 4.69) is 0 Å². The molecule has 0 aromatic rings. The van der Waals surface area contributed by atoms with Crippen molar-refractivity contribution in [1.82, 2.24) is 9.80 Å². The Morgan fingerprint density at radius 3 is 2.48 bits per heavy atom. The van der Waals surface area contributed by atoms with Crippen molar-refractivity contribution in [3.8, 4) is 0 Å². The highest BCUT2D eigenvalue weighted by atomic mass is 16.5. The molecule has 8 nitrogen and oxygen atoms in total. The van der Waals surface area contributed by atoms with Gasteiger partial charge >= 0.3 is 0 Å². The predicted molar refractivity (Wildman–Crippen MR) is 73.9 cm³/mol. The van der Waals surface area contributed by atoms with Gasteiger partial charge in [0, 0.05) is 19.6 Å². The minimum absolute atomic E-state index is 0.0973. The van der Waals surface area contributed by atoms with Gasteiger partial charge in [0.05, 0.1) is 25.2 Å². The Hall–Kier alpha value is -1.67. The summed E-state index contributed by atoms with van der Waals surface area (Å²) in [6.07, 6.45) is 0.448. The van der Waals surface area contributed by atoms with E-state index in [1.807, 2.05) is 0 Å². The summed E-state index contributed by atoms with van der Waals surface area (Å²) in [7, 11) is 0. The first-order valence-electron chi connectivity index (χ1n) is 7.15. The van der Waals surface area contributed by atoms with Crippen molar-refractivity contribution in [2.24, 2.45) is 17.4 Å². The molecule has 1 unspecified atom stereocenters. The molecule has 8 heteroatoms. The van der Waals surface area contributed by atoms with E-state index in [9.17, 15) is 14.4 Å². The number of primary amides is 1. The second kappa shape index (κ2) is 6.40. The highest BCUT2D eigenvalue weighted by Gasteiger charge is 2.42. The average Bonchev–Trinajstić information content (AvgIpc) is 2.87. The van der Waals surface area contributed by atoms with Crippen molar-refractivity contribution in [2.75, 3.05) is 32.8 Å². The van der Waals surface area contributed by atoms with Crippen LogP contribution in [0.4, 0.5) is 0 Å². The molecular formula is C13H22N4O4. The van der Waals surface area contributed by atoms with Crippen LogP contribution in [0.3, 0.4) is 0 Å². The summed E-state index contributed by atoms with van der Waals surface area (Å²) in [6.45, 7) is 4.23. The van der Waals surface area contributed by atoms with Gasteiger partial charge in [0.2, 0.25) is 17.7 Å². The Kier molecular flexibility index (Phi) is 4.79. The first kappa shape index (κ1) is 15.7. The fourth-order valence-corrected chi connectivity index (χ4v) is 2.82. The molecule has 2 fully saturated rings. The summed E-state index contributed by atoms with van der Waals surface area (Å²) in [4.78, 5) is 39.0. The number of nitrogens with zero attached hydrogens (tertiary/aromatic N) is 2. The van der Waals surface area contributed by atoms with Gasteiger partial charge in [-0.1, -0.05) is 0 Å². The van der Waals surface area contributed by atoms with Crippen LogP contribution in [0.15, 0.2) is 0 Å². The standard InChI is InChI=1S/C13H22N4O4/c1-8(12(19)16-4-6-21-7-5-16)17-3-2-9(13(17)20)10(14)11(15)18/h8-10H,2-7,14H2,1H3,(H2,15,18)/t8-,9-,10?/m0/s1. The molecule has 0 saturated carbocycles.